The van der Waals surface area contributed by atoms with Gasteiger partial charge in [-0.3, -0.25) is 4.72 Å². The van der Waals surface area contributed by atoms with Crippen LogP contribution in [0.25, 0.3) is 0 Å². The number of nitrogens with zero attached hydrogens (tertiary/aromatic N) is 3. The van der Waals surface area contributed by atoms with E-state index in [4.69, 9.17) is 0 Å². The summed E-state index contributed by atoms with van der Waals surface area (Å²) in [6.45, 7) is 2.44. The molecule has 3 rings (SSSR count). The Morgan fingerprint density at radius 3 is 2.27 bits per heavy atom. The van der Waals surface area contributed by atoms with Crippen molar-refractivity contribution < 1.29 is 8.42 Å². The number of aryl methyl sites for hydroxylation is 1. The van der Waals surface area contributed by atoms with Crippen LogP contribution in [0, 0.1) is 6.92 Å². The monoisotopic (exact) mass is 368 g/mol. The van der Waals surface area contributed by atoms with E-state index in [0.717, 1.165) is 5.56 Å². The molecule has 0 saturated carbocycles. The smallest absolute Gasteiger partial charge is 0.263 e. The largest absolute Gasteiger partial charge is 0.354 e. The van der Waals surface area contributed by atoms with Crippen LogP contribution in [0.2, 0.25) is 0 Å². The lowest BCUT2D eigenvalue weighted by Crippen LogP contribution is -2.19. The number of aromatic nitrogens is 2. The van der Waals surface area contributed by atoms with Gasteiger partial charge in [0.25, 0.3) is 10.0 Å². The van der Waals surface area contributed by atoms with Crippen molar-refractivity contribution in [2.24, 2.45) is 0 Å². The van der Waals surface area contributed by atoms with Crippen molar-refractivity contribution in [2.75, 3.05) is 16.7 Å². The van der Waals surface area contributed by atoms with Gasteiger partial charge in [-0.15, -0.1) is 10.2 Å². The van der Waals surface area contributed by atoms with Crippen molar-refractivity contribution >= 4 is 21.7 Å². The number of benzene rings is 2. The van der Waals surface area contributed by atoms with Gasteiger partial charge in [0.1, 0.15) is 0 Å². The molecular formula is C19H20N4O2S. The number of rotatable bonds is 6. The maximum Gasteiger partial charge on any atom is 0.263 e. The third kappa shape index (κ3) is 4.18. The first-order valence-corrected chi connectivity index (χ1v) is 9.61. The topological polar surface area (TPSA) is 75.2 Å². The van der Waals surface area contributed by atoms with Crippen LogP contribution in [0.1, 0.15) is 11.1 Å². The molecule has 1 aromatic heterocycles. The van der Waals surface area contributed by atoms with Gasteiger partial charge in [0, 0.05) is 13.6 Å². The fraction of sp³-hybridized carbons (Fsp3) is 0.158. The van der Waals surface area contributed by atoms with Gasteiger partial charge in [-0.1, -0.05) is 48.5 Å². The van der Waals surface area contributed by atoms with E-state index in [-0.39, 0.29) is 10.7 Å². The molecule has 0 fully saturated rings. The molecule has 0 bridgehead atoms. The molecule has 6 nitrogen and oxygen atoms in total. The minimum atomic E-state index is -3.69. The predicted octanol–water partition coefficient (Wildman–Crippen LogP) is 3.22. The van der Waals surface area contributed by atoms with Crippen LogP contribution in [-0.4, -0.2) is 25.7 Å². The summed E-state index contributed by atoms with van der Waals surface area (Å²) in [5.41, 5.74) is 1.83. The van der Waals surface area contributed by atoms with E-state index in [1.165, 1.54) is 0 Å². The third-order valence-corrected chi connectivity index (χ3v) is 5.44. The summed E-state index contributed by atoms with van der Waals surface area (Å²) in [6.07, 6.45) is 0. The summed E-state index contributed by atoms with van der Waals surface area (Å²) >= 11 is 0. The molecule has 26 heavy (non-hydrogen) atoms. The molecule has 0 amide bonds. The second-order valence-electron chi connectivity index (χ2n) is 5.99. The van der Waals surface area contributed by atoms with Gasteiger partial charge < -0.3 is 4.90 Å². The molecule has 134 valence electrons. The molecule has 1 N–H and O–H groups in total. The molecule has 2 aromatic carbocycles. The summed E-state index contributed by atoms with van der Waals surface area (Å²) < 4.78 is 27.5. The van der Waals surface area contributed by atoms with Crippen LogP contribution in [0.5, 0.6) is 0 Å². The molecule has 0 saturated heterocycles. The zero-order chi connectivity index (χ0) is 18.6. The van der Waals surface area contributed by atoms with Crippen LogP contribution >= 0.6 is 0 Å². The normalized spacial score (nSPS) is 11.2. The highest BCUT2D eigenvalue weighted by Gasteiger charge is 2.17. The number of hydrogen-bond donors (Lipinski definition) is 1. The lowest BCUT2D eigenvalue weighted by Gasteiger charge is -2.18. The molecule has 1 heterocycles. The van der Waals surface area contributed by atoms with Crippen LogP contribution in [0.3, 0.4) is 0 Å². The summed E-state index contributed by atoms with van der Waals surface area (Å²) in [5.74, 6) is 0.845. The fourth-order valence-electron chi connectivity index (χ4n) is 2.57. The van der Waals surface area contributed by atoms with Crippen LogP contribution in [0.15, 0.2) is 71.6 Å². The minimum absolute atomic E-state index is 0.185. The standard InChI is InChI=1S/C19H20N4O2S/c1-15-8-6-7-11-17(15)26(24,25)22-18-12-13-19(21-20-18)23(2)14-16-9-4-3-5-10-16/h3-13H,14H2,1-2H3,(H,20,22). The molecular weight excluding hydrogens is 348 g/mol. The zero-order valence-electron chi connectivity index (χ0n) is 14.6. The van der Waals surface area contributed by atoms with Gasteiger partial charge in [-0.2, -0.15) is 0 Å². The molecule has 0 radical (unpaired) electrons. The quantitative estimate of drug-likeness (QED) is 0.723. The van der Waals surface area contributed by atoms with E-state index in [2.05, 4.69) is 14.9 Å². The van der Waals surface area contributed by atoms with E-state index < -0.39 is 10.0 Å². The van der Waals surface area contributed by atoms with Crippen molar-refractivity contribution in [3.8, 4) is 0 Å². The number of hydrogen-bond acceptors (Lipinski definition) is 5. The molecule has 7 heteroatoms. The molecule has 0 spiro atoms. The van der Waals surface area contributed by atoms with Gasteiger partial charge >= 0.3 is 0 Å². The van der Waals surface area contributed by atoms with E-state index in [9.17, 15) is 8.42 Å². The van der Waals surface area contributed by atoms with E-state index in [0.29, 0.717) is 17.9 Å². The average Bonchev–Trinajstić information content (AvgIpc) is 2.63. The number of anilines is 2. The van der Waals surface area contributed by atoms with Crippen molar-refractivity contribution in [2.45, 2.75) is 18.4 Å². The SMILES string of the molecule is Cc1ccccc1S(=O)(=O)Nc1ccc(N(C)Cc2ccccc2)nn1. The van der Waals surface area contributed by atoms with Gasteiger partial charge in [-0.25, -0.2) is 8.42 Å². The summed E-state index contributed by atoms with van der Waals surface area (Å²) in [4.78, 5) is 2.18. The van der Waals surface area contributed by atoms with Crippen LogP contribution < -0.4 is 9.62 Å². The highest BCUT2D eigenvalue weighted by molar-refractivity contribution is 7.92. The van der Waals surface area contributed by atoms with E-state index in [1.54, 1.807) is 43.3 Å². The molecule has 0 atom stereocenters. The number of nitrogens with one attached hydrogen (secondary N) is 1. The van der Waals surface area contributed by atoms with Gasteiger partial charge in [-0.05, 0) is 36.2 Å². The minimum Gasteiger partial charge on any atom is -0.354 e. The maximum atomic E-state index is 12.5. The number of sulfonamides is 1. The summed E-state index contributed by atoms with van der Waals surface area (Å²) in [7, 11) is -1.78. The first kappa shape index (κ1) is 17.9. The predicted molar refractivity (Wildman–Crippen MR) is 103 cm³/mol. The molecule has 0 aliphatic heterocycles. The van der Waals surface area contributed by atoms with Crippen molar-refractivity contribution in [1.29, 1.82) is 0 Å². The van der Waals surface area contributed by atoms with Gasteiger partial charge in [0.05, 0.1) is 4.90 Å². The maximum absolute atomic E-state index is 12.5. The lowest BCUT2D eigenvalue weighted by molar-refractivity contribution is 0.600. The molecule has 0 aliphatic rings. The van der Waals surface area contributed by atoms with Crippen molar-refractivity contribution in [3.63, 3.8) is 0 Å². The molecule has 3 aromatic rings. The second kappa shape index (κ2) is 7.53. The Balaban J connectivity index is 1.72. The van der Waals surface area contributed by atoms with Crippen LogP contribution in [-0.2, 0) is 16.6 Å². The van der Waals surface area contributed by atoms with Crippen molar-refractivity contribution in [3.05, 3.63) is 77.9 Å². The van der Waals surface area contributed by atoms with Gasteiger partial charge in [0.2, 0.25) is 0 Å². The lowest BCUT2D eigenvalue weighted by atomic mass is 10.2. The Hall–Kier alpha value is -2.93. The van der Waals surface area contributed by atoms with E-state index >= 15 is 0 Å². The van der Waals surface area contributed by atoms with Crippen molar-refractivity contribution in [1.82, 2.24) is 10.2 Å². The second-order valence-corrected chi connectivity index (χ2v) is 7.64. The van der Waals surface area contributed by atoms with E-state index in [1.807, 2.05) is 42.3 Å². The third-order valence-electron chi connectivity index (χ3n) is 3.93. The molecule has 0 unspecified atom stereocenters. The first-order valence-electron chi connectivity index (χ1n) is 8.13. The average molecular weight is 368 g/mol. The Labute approximate surface area is 153 Å². The fourth-order valence-corrected chi connectivity index (χ4v) is 3.82. The zero-order valence-corrected chi connectivity index (χ0v) is 15.4. The summed E-state index contributed by atoms with van der Waals surface area (Å²) in [6, 6.07) is 20.2. The Bertz CT molecular complexity index is 974. The Morgan fingerprint density at radius 2 is 1.62 bits per heavy atom. The summed E-state index contributed by atoms with van der Waals surface area (Å²) in [5, 5.41) is 8.12. The van der Waals surface area contributed by atoms with Gasteiger partial charge in [0.15, 0.2) is 11.6 Å². The first-order chi connectivity index (χ1) is 12.5. The molecule has 0 aliphatic carbocycles. The van der Waals surface area contributed by atoms with Crippen LogP contribution in [0.4, 0.5) is 11.6 Å². The highest BCUT2D eigenvalue weighted by atomic mass is 32.2. The Morgan fingerprint density at radius 1 is 0.923 bits per heavy atom. The highest BCUT2D eigenvalue weighted by Crippen LogP contribution is 2.19. The Kier molecular flexibility index (Phi) is 5.18.